The van der Waals surface area contributed by atoms with Crippen LogP contribution >= 0.6 is 0 Å². The predicted octanol–water partition coefficient (Wildman–Crippen LogP) is 10.9. The molecule has 0 aliphatic carbocycles. The van der Waals surface area contributed by atoms with Crippen molar-refractivity contribution in [1.29, 1.82) is 0 Å². The van der Waals surface area contributed by atoms with Crippen molar-refractivity contribution in [3.8, 4) is 22.3 Å². The molecule has 0 amide bonds. The molecule has 2 aromatic heterocycles. The maximum Gasteiger partial charge on any atom is 0.227 e. The summed E-state index contributed by atoms with van der Waals surface area (Å²) in [5.41, 5.74) is 9.33. The Morgan fingerprint density at radius 3 is 1.79 bits per heavy atom. The fourth-order valence-corrected chi connectivity index (χ4v) is 5.77. The Bertz CT molecular complexity index is 2180. The van der Waals surface area contributed by atoms with Gasteiger partial charge in [0, 0.05) is 16.8 Å². The number of anilines is 3. The van der Waals surface area contributed by atoms with Gasteiger partial charge in [0.25, 0.3) is 0 Å². The first-order chi connectivity index (χ1) is 20.8. The molecule has 0 fully saturated rings. The van der Waals surface area contributed by atoms with E-state index in [9.17, 15) is 0 Å². The molecule has 0 bridgehead atoms. The van der Waals surface area contributed by atoms with E-state index in [1.54, 1.807) is 0 Å². The van der Waals surface area contributed by atoms with Crippen LogP contribution in [0.5, 0.6) is 0 Å². The lowest BCUT2D eigenvalue weighted by molar-refractivity contribution is 0.654. The second-order valence-corrected chi connectivity index (χ2v) is 10.5. The zero-order valence-electron chi connectivity index (χ0n) is 22.8. The molecule has 42 heavy (non-hydrogen) atoms. The van der Waals surface area contributed by atoms with Crippen LogP contribution in [0, 0.1) is 0 Å². The Morgan fingerprint density at radius 2 is 1.02 bits per heavy atom. The van der Waals surface area contributed by atoms with Gasteiger partial charge in [-0.3, -0.25) is 0 Å². The van der Waals surface area contributed by atoms with E-state index in [0.717, 1.165) is 33.4 Å². The van der Waals surface area contributed by atoms with Gasteiger partial charge in [0.2, 0.25) is 5.71 Å². The van der Waals surface area contributed by atoms with Crippen molar-refractivity contribution in [2.75, 3.05) is 4.90 Å². The van der Waals surface area contributed by atoms with Gasteiger partial charge >= 0.3 is 0 Å². The molecule has 0 aliphatic heterocycles. The van der Waals surface area contributed by atoms with E-state index in [1.807, 2.05) is 30.5 Å². The van der Waals surface area contributed by atoms with E-state index in [0.29, 0.717) is 5.71 Å². The highest BCUT2D eigenvalue weighted by Gasteiger charge is 2.17. The summed E-state index contributed by atoms with van der Waals surface area (Å²) in [5, 5.41) is 4.55. The lowest BCUT2D eigenvalue weighted by Gasteiger charge is -2.25. The monoisotopic (exact) mass is 538 g/mol. The molecule has 8 rings (SSSR count). The highest BCUT2D eigenvalue weighted by Crippen LogP contribution is 2.39. The lowest BCUT2D eigenvalue weighted by atomic mass is 10.0. The maximum absolute atomic E-state index is 6.03. The number of hydrogen-bond acceptors (Lipinski definition) is 3. The highest BCUT2D eigenvalue weighted by molar-refractivity contribution is 6.05. The molecule has 0 N–H and O–H groups in total. The molecular weight excluding hydrogens is 512 g/mol. The first-order valence-corrected chi connectivity index (χ1v) is 14.1. The van der Waals surface area contributed by atoms with Crippen molar-refractivity contribution >= 4 is 49.9 Å². The van der Waals surface area contributed by atoms with Gasteiger partial charge in [-0.1, -0.05) is 109 Å². The zero-order valence-corrected chi connectivity index (χ0v) is 22.8. The highest BCUT2D eigenvalue weighted by atomic mass is 16.3. The lowest BCUT2D eigenvalue weighted by Crippen LogP contribution is -2.10. The van der Waals surface area contributed by atoms with Crippen LogP contribution in [0.3, 0.4) is 0 Å². The average Bonchev–Trinajstić information content (AvgIpc) is 3.44. The second-order valence-electron chi connectivity index (χ2n) is 10.5. The van der Waals surface area contributed by atoms with Crippen LogP contribution in [0.4, 0.5) is 17.1 Å². The molecule has 8 aromatic rings. The number of fused-ring (bicyclic) bond motifs is 4. The Hall–Kier alpha value is -5.67. The summed E-state index contributed by atoms with van der Waals surface area (Å²) in [4.78, 5) is 7.00. The van der Waals surface area contributed by atoms with Crippen LogP contribution in [0.2, 0.25) is 0 Å². The summed E-state index contributed by atoms with van der Waals surface area (Å²) in [6.07, 6.45) is 1.90. The Morgan fingerprint density at radius 1 is 0.429 bits per heavy atom. The molecule has 0 saturated carbocycles. The van der Waals surface area contributed by atoms with Crippen LogP contribution in [0.1, 0.15) is 0 Å². The molecule has 6 aromatic carbocycles. The predicted molar refractivity (Wildman–Crippen MR) is 175 cm³/mol. The third-order valence-electron chi connectivity index (χ3n) is 7.92. The van der Waals surface area contributed by atoms with Crippen molar-refractivity contribution in [1.82, 2.24) is 4.98 Å². The number of para-hydroxylation sites is 1. The van der Waals surface area contributed by atoms with E-state index in [-0.39, 0.29) is 0 Å². The average molecular weight is 539 g/mol. The molecule has 198 valence electrons. The van der Waals surface area contributed by atoms with E-state index >= 15 is 0 Å². The van der Waals surface area contributed by atoms with Gasteiger partial charge in [0.05, 0.1) is 17.3 Å². The van der Waals surface area contributed by atoms with Gasteiger partial charge in [0.15, 0.2) is 0 Å². The third kappa shape index (κ3) is 4.29. The van der Waals surface area contributed by atoms with Crippen LogP contribution < -0.4 is 4.90 Å². The minimum absolute atomic E-state index is 0.644. The van der Waals surface area contributed by atoms with E-state index in [2.05, 4.69) is 132 Å². The largest absolute Gasteiger partial charge is 0.438 e. The zero-order chi connectivity index (χ0) is 27.9. The summed E-state index contributed by atoms with van der Waals surface area (Å²) in [7, 11) is 0. The van der Waals surface area contributed by atoms with Crippen molar-refractivity contribution < 1.29 is 4.42 Å². The van der Waals surface area contributed by atoms with E-state index in [1.165, 1.54) is 33.0 Å². The standard InChI is InChI=1S/C39H26N2O/c1-2-8-27(9-3-1)29-16-20-33(21-17-29)41(35-25-37-36-12-6-7-13-38(36)42-39(37)40-26-35)34-22-18-30(19-23-34)32-15-14-28-10-4-5-11-31(28)24-32/h1-26H. The fourth-order valence-electron chi connectivity index (χ4n) is 5.77. The topological polar surface area (TPSA) is 29.3 Å². The molecule has 0 spiro atoms. The number of aromatic nitrogens is 1. The summed E-state index contributed by atoms with van der Waals surface area (Å²) < 4.78 is 6.03. The van der Waals surface area contributed by atoms with E-state index < -0.39 is 0 Å². The Kier molecular flexibility index (Phi) is 5.79. The summed E-state index contributed by atoms with van der Waals surface area (Å²) in [6, 6.07) is 53.4. The summed E-state index contributed by atoms with van der Waals surface area (Å²) >= 11 is 0. The maximum atomic E-state index is 6.03. The van der Waals surface area contributed by atoms with Crippen LogP contribution in [0.15, 0.2) is 162 Å². The molecule has 3 nitrogen and oxygen atoms in total. The number of pyridine rings is 1. The molecule has 0 atom stereocenters. The van der Waals surface area contributed by atoms with Gasteiger partial charge in [-0.2, -0.15) is 0 Å². The third-order valence-corrected chi connectivity index (χ3v) is 7.92. The molecule has 3 heteroatoms. The molecule has 0 aliphatic rings. The van der Waals surface area contributed by atoms with Crippen LogP contribution in [-0.4, -0.2) is 4.98 Å². The Labute approximate surface area is 243 Å². The quantitative estimate of drug-likeness (QED) is 0.218. The van der Waals surface area contributed by atoms with Gasteiger partial charge in [0.1, 0.15) is 5.58 Å². The number of hydrogen-bond donors (Lipinski definition) is 0. The fraction of sp³-hybridized carbons (Fsp3) is 0. The SMILES string of the molecule is c1ccc(-c2ccc(N(c3ccc(-c4ccc5ccccc5c4)cc3)c3cnc4oc5ccccc5c4c3)cc2)cc1. The Balaban J connectivity index is 1.23. The second kappa shape index (κ2) is 10.1. The van der Waals surface area contributed by atoms with Crippen molar-refractivity contribution in [2.45, 2.75) is 0 Å². The molecular formula is C39H26N2O. The van der Waals surface area contributed by atoms with Gasteiger partial charge in [-0.15, -0.1) is 0 Å². The van der Waals surface area contributed by atoms with Gasteiger partial charge in [-0.05, 0) is 75.5 Å². The van der Waals surface area contributed by atoms with Crippen LogP contribution in [-0.2, 0) is 0 Å². The number of benzene rings is 6. The minimum atomic E-state index is 0.644. The normalized spacial score (nSPS) is 11.3. The first kappa shape index (κ1) is 24.2. The van der Waals surface area contributed by atoms with Crippen molar-refractivity contribution in [3.05, 3.63) is 158 Å². The summed E-state index contributed by atoms with van der Waals surface area (Å²) in [6.45, 7) is 0. The smallest absolute Gasteiger partial charge is 0.227 e. The molecule has 2 heterocycles. The first-order valence-electron chi connectivity index (χ1n) is 14.1. The number of nitrogens with zero attached hydrogens (tertiary/aromatic N) is 2. The van der Waals surface area contributed by atoms with Gasteiger partial charge < -0.3 is 9.32 Å². The van der Waals surface area contributed by atoms with Crippen molar-refractivity contribution in [2.24, 2.45) is 0 Å². The van der Waals surface area contributed by atoms with Crippen molar-refractivity contribution in [3.63, 3.8) is 0 Å². The summed E-state index contributed by atoms with van der Waals surface area (Å²) in [5.74, 6) is 0. The number of furan rings is 1. The van der Waals surface area contributed by atoms with Crippen LogP contribution in [0.25, 0.3) is 55.1 Å². The van der Waals surface area contributed by atoms with Gasteiger partial charge in [-0.25, -0.2) is 4.98 Å². The molecule has 0 unspecified atom stereocenters. The van der Waals surface area contributed by atoms with E-state index in [4.69, 9.17) is 9.40 Å². The molecule has 0 saturated heterocycles. The minimum Gasteiger partial charge on any atom is -0.438 e. The molecule has 0 radical (unpaired) electrons. The number of rotatable bonds is 5.